The molecule has 0 aliphatic carbocycles. The number of nitrogens with zero attached hydrogens (tertiary/aromatic N) is 2. The molecular formula is C18H24N2O2. The van der Waals surface area contributed by atoms with E-state index in [4.69, 9.17) is 4.52 Å². The third kappa shape index (κ3) is 3.97. The Kier molecular flexibility index (Phi) is 5.36. The van der Waals surface area contributed by atoms with Crippen LogP contribution in [0, 0.1) is 12.8 Å². The molecule has 0 aliphatic heterocycles. The monoisotopic (exact) mass is 300 g/mol. The Morgan fingerprint density at radius 3 is 2.55 bits per heavy atom. The maximum Gasteiger partial charge on any atom is 0.229 e. The predicted octanol–water partition coefficient (Wildman–Crippen LogP) is 3.77. The van der Waals surface area contributed by atoms with Crippen LogP contribution < -0.4 is 0 Å². The molecule has 0 N–H and O–H groups in total. The number of aromatic nitrogens is 1. The van der Waals surface area contributed by atoms with E-state index in [1.807, 2.05) is 17.0 Å². The summed E-state index contributed by atoms with van der Waals surface area (Å²) in [6.45, 7) is 9.15. The number of carbonyl (C=O) groups is 1. The summed E-state index contributed by atoms with van der Waals surface area (Å²) in [7, 11) is 0. The summed E-state index contributed by atoms with van der Waals surface area (Å²) in [6, 6.07) is 10.0. The number of amides is 1. The average Bonchev–Trinajstić information content (AvgIpc) is 2.97. The smallest absolute Gasteiger partial charge is 0.229 e. The molecule has 4 nitrogen and oxygen atoms in total. The van der Waals surface area contributed by atoms with Gasteiger partial charge >= 0.3 is 0 Å². The van der Waals surface area contributed by atoms with Crippen LogP contribution >= 0.6 is 0 Å². The fraction of sp³-hybridized carbons (Fsp3) is 0.444. The molecule has 1 heterocycles. The zero-order valence-corrected chi connectivity index (χ0v) is 13.7. The van der Waals surface area contributed by atoms with Crippen molar-refractivity contribution in [3.8, 4) is 0 Å². The average molecular weight is 300 g/mol. The van der Waals surface area contributed by atoms with Gasteiger partial charge < -0.3 is 9.42 Å². The van der Waals surface area contributed by atoms with Gasteiger partial charge in [0.05, 0.1) is 18.2 Å². The van der Waals surface area contributed by atoms with Gasteiger partial charge in [0, 0.05) is 12.6 Å². The minimum atomic E-state index is 0.0444. The highest BCUT2D eigenvalue weighted by atomic mass is 16.5. The lowest BCUT2D eigenvalue weighted by atomic mass is 10.00. The van der Waals surface area contributed by atoms with Crippen molar-refractivity contribution in [3.63, 3.8) is 0 Å². The second-order valence-electron chi connectivity index (χ2n) is 6.14. The maximum atomic E-state index is 12.7. The molecule has 0 radical (unpaired) electrons. The molecule has 118 valence electrons. The van der Waals surface area contributed by atoms with E-state index < -0.39 is 0 Å². The van der Waals surface area contributed by atoms with Crippen LogP contribution in [0.5, 0.6) is 0 Å². The first kappa shape index (κ1) is 16.3. The van der Waals surface area contributed by atoms with E-state index in [9.17, 15) is 4.79 Å². The highest BCUT2D eigenvalue weighted by Gasteiger charge is 2.24. The molecule has 0 bridgehead atoms. The number of carbonyl (C=O) groups excluding carboxylic acids is 1. The molecule has 0 saturated heterocycles. The highest BCUT2D eigenvalue weighted by Crippen LogP contribution is 2.25. The Hall–Kier alpha value is -2.10. The van der Waals surface area contributed by atoms with Crippen LogP contribution in [0.3, 0.4) is 0 Å². The summed E-state index contributed by atoms with van der Waals surface area (Å²) < 4.78 is 4.82. The summed E-state index contributed by atoms with van der Waals surface area (Å²) in [6.07, 6.45) is 1.78. The zero-order chi connectivity index (χ0) is 16.1. The summed E-state index contributed by atoms with van der Waals surface area (Å²) >= 11 is 0. The molecule has 2 aromatic rings. The molecule has 4 heteroatoms. The quantitative estimate of drug-likeness (QED) is 0.815. The number of rotatable bonds is 6. The molecule has 22 heavy (non-hydrogen) atoms. The lowest BCUT2D eigenvalue weighted by Crippen LogP contribution is -2.37. The van der Waals surface area contributed by atoms with E-state index in [1.165, 1.54) is 17.4 Å². The van der Waals surface area contributed by atoms with Crippen molar-refractivity contribution in [1.29, 1.82) is 0 Å². The van der Waals surface area contributed by atoms with Gasteiger partial charge in [0.1, 0.15) is 6.26 Å². The van der Waals surface area contributed by atoms with Gasteiger partial charge in [-0.15, -0.1) is 0 Å². The standard InChI is InChI=1S/C18H24N2O2/c1-13(2)12-20(18(21)11-16-9-10-22-19-16)15(4)17-8-6-5-7-14(17)3/h5-10,13,15H,11-12H2,1-4H3. The first-order valence-corrected chi connectivity index (χ1v) is 7.73. The predicted molar refractivity (Wildman–Crippen MR) is 86.4 cm³/mol. The van der Waals surface area contributed by atoms with Gasteiger partial charge in [-0.25, -0.2) is 0 Å². The molecular weight excluding hydrogens is 276 g/mol. The van der Waals surface area contributed by atoms with Crippen LogP contribution in [0.4, 0.5) is 0 Å². The topological polar surface area (TPSA) is 46.3 Å². The molecule has 2 rings (SSSR count). The van der Waals surface area contributed by atoms with Crippen molar-refractivity contribution in [2.75, 3.05) is 6.54 Å². The first-order valence-electron chi connectivity index (χ1n) is 7.73. The van der Waals surface area contributed by atoms with E-state index in [0.717, 1.165) is 6.54 Å². The van der Waals surface area contributed by atoms with E-state index >= 15 is 0 Å². The van der Waals surface area contributed by atoms with Crippen LogP contribution in [-0.2, 0) is 11.2 Å². The van der Waals surface area contributed by atoms with Crippen LogP contribution in [-0.4, -0.2) is 22.5 Å². The van der Waals surface area contributed by atoms with Gasteiger partial charge in [0.15, 0.2) is 0 Å². The molecule has 1 unspecified atom stereocenters. The molecule has 1 aromatic carbocycles. The number of hydrogen-bond donors (Lipinski definition) is 0. The summed E-state index contributed by atoms with van der Waals surface area (Å²) in [5.74, 6) is 0.492. The second kappa shape index (κ2) is 7.25. The summed E-state index contributed by atoms with van der Waals surface area (Å²) in [5, 5.41) is 3.84. The largest absolute Gasteiger partial charge is 0.364 e. The lowest BCUT2D eigenvalue weighted by molar-refractivity contribution is -0.133. The molecule has 0 saturated carbocycles. The third-order valence-electron chi connectivity index (χ3n) is 3.81. The van der Waals surface area contributed by atoms with Crippen molar-refractivity contribution in [2.24, 2.45) is 5.92 Å². The Morgan fingerprint density at radius 2 is 1.95 bits per heavy atom. The van der Waals surface area contributed by atoms with Crippen molar-refractivity contribution in [2.45, 2.75) is 40.2 Å². The Bertz CT molecular complexity index is 605. The molecule has 0 fully saturated rings. The van der Waals surface area contributed by atoms with Crippen molar-refractivity contribution < 1.29 is 9.32 Å². The first-order chi connectivity index (χ1) is 10.5. The van der Waals surface area contributed by atoms with E-state index in [2.05, 4.69) is 45.0 Å². The van der Waals surface area contributed by atoms with Crippen LogP contribution in [0.15, 0.2) is 41.1 Å². The van der Waals surface area contributed by atoms with E-state index in [-0.39, 0.29) is 18.4 Å². The van der Waals surface area contributed by atoms with Gasteiger partial charge in [-0.1, -0.05) is 43.3 Å². The maximum absolute atomic E-state index is 12.7. The third-order valence-corrected chi connectivity index (χ3v) is 3.81. The zero-order valence-electron chi connectivity index (χ0n) is 13.7. The molecule has 0 spiro atoms. The number of aryl methyl sites for hydroxylation is 1. The normalized spacial score (nSPS) is 12.4. The van der Waals surface area contributed by atoms with Gasteiger partial charge in [0.25, 0.3) is 0 Å². The SMILES string of the molecule is Cc1ccccc1C(C)N(CC(C)C)C(=O)Cc1ccon1. The summed E-state index contributed by atoms with van der Waals surface area (Å²) in [5.41, 5.74) is 3.07. The number of hydrogen-bond acceptors (Lipinski definition) is 3. The van der Waals surface area contributed by atoms with Gasteiger partial charge in [0.2, 0.25) is 5.91 Å². The van der Waals surface area contributed by atoms with E-state index in [0.29, 0.717) is 11.6 Å². The van der Waals surface area contributed by atoms with Crippen molar-refractivity contribution in [3.05, 3.63) is 53.4 Å². The highest BCUT2D eigenvalue weighted by molar-refractivity contribution is 5.78. The van der Waals surface area contributed by atoms with Crippen LogP contribution in [0.25, 0.3) is 0 Å². The fourth-order valence-corrected chi connectivity index (χ4v) is 2.68. The molecule has 0 aliphatic rings. The number of benzene rings is 1. The summed E-state index contributed by atoms with van der Waals surface area (Å²) in [4.78, 5) is 14.7. The Balaban J connectivity index is 2.21. The minimum absolute atomic E-state index is 0.0444. The molecule has 1 amide bonds. The lowest BCUT2D eigenvalue weighted by Gasteiger charge is -2.32. The van der Waals surface area contributed by atoms with Gasteiger partial charge in [-0.2, -0.15) is 0 Å². The molecule has 1 aromatic heterocycles. The van der Waals surface area contributed by atoms with Gasteiger partial charge in [-0.05, 0) is 30.9 Å². The fourth-order valence-electron chi connectivity index (χ4n) is 2.68. The van der Waals surface area contributed by atoms with Crippen LogP contribution in [0.1, 0.15) is 43.6 Å². The van der Waals surface area contributed by atoms with Crippen LogP contribution in [0.2, 0.25) is 0 Å². The second-order valence-corrected chi connectivity index (χ2v) is 6.14. The van der Waals surface area contributed by atoms with E-state index in [1.54, 1.807) is 6.07 Å². The Labute approximate surface area is 132 Å². The minimum Gasteiger partial charge on any atom is -0.364 e. The van der Waals surface area contributed by atoms with Crippen molar-refractivity contribution in [1.82, 2.24) is 10.1 Å². The van der Waals surface area contributed by atoms with Crippen molar-refractivity contribution >= 4 is 5.91 Å². The Morgan fingerprint density at radius 1 is 1.23 bits per heavy atom. The van der Waals surface area contributed by atoms with Gasteiger partial charge in [-0.3, -0.25) is 4.79 Å². The molecule has 1 atom stereocenters.